The van der Waals surface area contributed by atoms with E-state index in [4.69, 9.17) is 16.3 Å². The fraction of sp³-hybridized carbons (Fsp3) is 0.231. The molecule has 0 N–H and O–H groups in total. The maximum Gasteiger partial charge on any atom is 0.170 e. The zero-order valence-corrected chi connectivity index (χ0v) is 12.4. The monoisotopic (exact) mass is 340 g/mol. The van der Waals surface area contributed by atoms with Gasteiger partial charge in [-0.1, -0.05) is 27.5 Å². The molecule has 2 heterocycles. The van der Waals surface area contributed by atoms with E-state index >= 15 is 0 Å². The van der Waals surface area contributed by atoms with Crippen molar-refractivity contribution in [1.29, 1.82) is 0 Å². The predicted molar refractivity (Wildman–Crippen MR) is 74.7 cm³/mol. The second-order valence-corrected chi connectivity index (χ2v) is 5.68. The summed E-state index contributed by atoms with van der Waals surface area (Å²) in [5.41, 5.74) is 0.603. The minimum Gasteiger partial charge on any atom is -0.481 e. The van der Waals surface area contributed by atoms with Crippen LogP contribution in [0.1, 0.15) is 28.7 Å². The van der Waals surface area contributed by atoms with Crippen LogP contribution in [0.2, 0.25) is 5.15 Å². The summed E-state index contributed by atoms with van der Waals surface area (Å²) < 4.78 is 8.44. The van der Waals surface area contributed by atoms with Gasteiger partial charge in [-0.15, -0.1) is 0 Å². The van der Waals surface area contributed by atoms with Crippen molar-refractivity contribution in [2.45, 2.75) is 12.5 Å². The third-order valence-corrected chi connectivity index (χ3v) is 3.98. The molecule has 1 atom stereocenters. The number of hydrogen-bond acceptors (Lipinski definition) is 3. The highest BCUT2D eigenvalue weighted by Crippen LogP contribution is 2.36. The number of ketones is 1. The third-order valence-electron chi connectivity index (χ3n) is 3.14. The van der Waals surface area contributed by atoms with Gasteiger partial charge in [0.05, 0.1) is 18.2 Å². The first-order chi connectivity index (χ1) is 9.06. The van der Waals surface area contributed by atoms with Gasteiger partial charge in [0.1, 0.15) is 10.9 Å². The van der Waals surface area contributed by atoms with Crippen molar-refractivity contribution >= 4 is 33.3 Å². The normalized spacial score (nSPS) is 18.1. The molecule has 0 radical (unpaired) electrons. The number of aromatic nitrogens is 2. The summed E-state index contributed by atoms with van der Waals surface area (Å²) in [4.78, 5) is 16.4. The molecule has 1 aliphatic rings. The summed E-state index contributed by atoms with van der Waals surface area (Å²) in [6.07, 6.45) is 1.44. The van der Waals surface area contributed by atoms with Crippen LogP contribution in [0.5, 0.6) is 5.75 Å². The number of nitrogens with zero attached hydrogens (tertiary/aromatic N) is 2. The SMILES string of the molecule is Cn1c(Cl)cnc1C1CC(=O)c2cc(Br)ccc2O1. The lowest BCUT2D eigenvalue weighted by atomic mass is 10.0. The maximum absolute atomic E-state index is 12.2. The molecule has 0 saturated carbocycles. The van der Waals surface area contributed by atoms with Gasteiger partial charge in [-0.3, -0.25) is 4.79 Å². The highest BCUT2D eigenvalue weighted by Gasteiger charge is 2.30. The number of carbonyl (C=O) groups excluding carboxylic acids is 1. The molecule has 19 heavy (non-hydrogen) atoms. The number of fused-ring (bicyclic) bond motifs is 1. The van der Waals surface area contributed by atoms with E-state index in [1.54, 1.807) is 29.9 Å². The largest absolute Gasteiger partial charge is 0.481 e. The van der Waals surface area contributed by atoms with Crippen LogP contribution in [0, 0.1) is 0 Å². The summed E-state index contributed by atoms with van der Waals surface area (Å²) in [6.45, 7) is 0. The van der Waals surface area contributed by atoms with Gasteiger partial charge in [0, 0.05) is 11.5 Å². The Morgan fingerprint density at radius 1 is 1.53 bits per heavy atom. The van der Waals surface area contributed by atoms with E-state index < -0.39 is 6.10 Å². The van der Waals surface area contributed by atoms with Crippen molar-refractivity contribution in [2.24, 2.45) is 7.05 Å². The topological polar surface area (TPSA) is 44.1 Å². The molecule has 1 unspecified atom stereocenters. The Kier molecular flexibility index (Phi) is 3.11. The van der Waals surface area contributed by atoms with E-state index in [1.165, 1.54) is 0 Å². The Labute approximate surface area is 123 Å². The molecule has 6 heteroatoms. The number of carbonyl (C=O) groups is 1. The van der Waals surface area contributed by atoms with Crippen molar-refractivity contribution in [2.75, 3.05) is 0 Å². The number of Topliss-reactive ketones (excluding diaryl/α,β-unsaturated/α-hetero) is 1. The smallest absolute Gasteiger partial charge is 0.170 e. The van der Waals surface area contributed by atoms with Crippen molar-refractivity contribution in [3.05, 3.63) is 45.4 Å². The fourth-order valence-electron chi connectivity index (χ4n) is 2.14. The summed E-state index contributed by atoms with van der Waals surface area (Å²) >= 11 is 9.31. The zero-order chi connectivity index (χ0) is 13.6. The molecular formula is C13H10BrClN2O2. The van der Waals surface area contributed by atoms with Gasteiger partial charge in [0.15, 0.2) is 17.7 Å². The van der Waals surface area contributed by atoms with Crippen LogP contribution in [0.4, 0.5) is 0 Å². The molecule has 0 fully saturated rings. The number of hydrogen-bond donors (Lipinski definition) is 0. The standard InChI is InChI=1S/C13H10BrClN2O2/c1-17-12(15)6-16-13(17)11-5-9(18)8-4-7(14)2-3-10(8)19-11/h2-4,6,11H,5H2,1H3. The Morgan fingerprint density at radius 3 is 3.00 bits per heavy atom. The molecule has 0 saturated heterocycles. The number of imidazole rings is 1. The van der Waals surface area contributed by atoms with Gasteiger partial charge in [-0.25, -0.2) is 4.98 Å². The van der Waals surface area contributed by atoms with Gasteiger partial charge in [0.2, 0.25) is 0 Å². The lowest BCUT2D eigenvalue weighted by molar-refractivity contribution is 0.0835. The van der Waals surface area contributed by atoms with Crippen LogP contribution >= 0.6 is 27.5 Å². The van der Waals surface area contributed by atoms with Crippen molar-refractivity contribution in [3.8, 4) is 5.75 Å². The van der Waals surface area contributed by atoms with E-state index in [9.17, 15) is 4.79 Å². The van der Waals surface area contributed by atoms with Crippen molar-refractivity contribution < 1.29 is 9.53 Å². The molecule has 0 aliphatic carbocycles. The highest BCUT2D eigenvalue weighted by atomic mass is 79.9. The van der Waals surface area contributed by atoms with Crippen LogP contribution in [0.25, 0.3) is 0 Å². The minimum absolute atomic E-state index is 0.0478. The van der Waals surface area contributed by atoms with Crippen molar-refractivity contribution in [3.63, 3.8) is 0 Å². The molecule has 0 bridgehead atoms. The van der Waals surface area contributed by atoms with Crippen LogP contribution in [-0.4, -0.2) is 15.3 Å². The molecule has 1 aliphatic heterocycles. The highest BCUT2D eigenvalue weighted by molar-refractivity contribution is 9.10. The first kappa shape index (κ1) is 12.7. The molecule has 98 valence electrons. The Bertz CT molecular complexity index is 669. The van der Waals surface area contributed by atoms with Crippen LogP contribution in [-0.2, 0) is 7.05 Å². The minimum atomic E-state index is -0.390. The fourth-order valence-corrected chi connectivity index (χ4v) is 2.64. The van der Waals surface area contributed by atoms with E-state index in [-0.39, 0.29) is 12.2 Å². The molecule has 1 aromatic carbocycles. The Morgan fingerprint density at radius 2 is 2.32 bits per heavy atom. The molecule has 0 amide bonds. The summed E-state index contributed by atoms with van der Waals surface area (Å²) in [6, 6.07) is 5.41. The predicted octanol–water partition coefficient (Wildman–Crippen LogP) is 3.54. The lowest BCUT2D eigenvalue weighted by Crippen LogP contribution is -2.22. The van der Waals surface area contributed by atoms with Gasteiger partial charge in [-0.05, 0) is 18.2 Å². The maximum atomic E-state index is 12.2. The van der Waals surface area contributed by atoms with E-state index in [1.807, 2.05) is 6.07 Å². The Balaban J connectivity index is 1.99. The zero-order valence-electron chi connectivity index (χ0n) is 10.1. The Hall–Kier alpha value is -1.33. The summed E-state index contributed by atoms with van der Waals surface area (Å²) in [5.74, 6) is 1.29. The quantitative estimate of drug-likeness (QED) is 0.797. The second kappa shape index (κ2) is 4.65. The molecule has 3 rings (SSSR count). The average molecular weight is 342 g/mol. The van der Waals surface area contributed by atoms with Crippen LogP contribution in [0.3, 0.4) is 0 Å². The molecule has 0 spiro atoms. The van der Waals surface area contributed by atoms with E-state index in [2.05, 4.69) is 20.9 Å². The first-order valence-corrected chi connectivity index (χ1v) is 6.90. The van der Waals surface area contributed by atoms with Gasteiger partial charge in [-0.2, -0.15) is 0 Å². The van der Waals surface area contributed by atoms with Gasteiger partial charge >= 0.3 is 0 Å². The molecule has 4 nitrogen and oxygen atoms in total. The van der Waals surface area contributed by atoms with Crippen LogP contribution in [0.15, 0.2) is 28.9 Å². The number of ether oxygens (including phenoxy) is 1. The average Bonchev–Trinajstić information content (AvgIpc) is 2.71. The molecule has 2 aromatic rings. The van der Waals surface area contributed by atoms with E-state index in [0.29, 0.717) is 22.3 Å². The van der Waals surface area contributed by atoms with Gasteiger partial charge < -0.3 is 9.30 Å². The number of benzene rings is 1. The second-order valence-electron chi connectivity index (χ2n) is 4.37. The number of halogens is 2. The summed E-state index contributed by atoms with van der Waals surface area (Å²) in [7, 11) is 1.80. The van der Waals surface area contributed by atoms with Gasteiger partial charge in [0.25, 0.3) is 0 Å². The lowest BCUT2D eigenvalue weighted by Gasteiger charge is -2.25. The first-order valence-electron chi connectivity index (χ1n) is 5.73. The van der Waals surface area contributed by atoms with Crippen LogP contribution < -0.4 is 4.74 Å². The van der Waals surface area contributed by atoms with Crippen molar-refractivity contribution in [1.82, 2.24) is 9.55 Å². The third kappa shape index (κ3) is 2.17. The molecular weight excluding hydrogens is 332 g/mol. The van der Waals surface area contributed by atoms with E-state index in [0.717, 1.165) is 4.47 Å². The number of rotatable bonds is 1. The molecule has 1 aromatic heterocycles. The summed E-state index contributed by atoms with van der Waals surface area (Å²) in [5, 5.41) is 0.521.